The van der Waals surface area contributed by atoms with Crippen LogP contribution in [0.5, 0.6) is 5.75 Å². The molecule has 1 rings (SSSR count). The molecule has 0 unspecified atom stereocenters. The largest absolute Gasteiger partial charge is 0.493 e. The summed E-state index contributed by atoms with van der Waals surface area (Å²) in [6.07, 6.45) is 3.33. The van der Waals surface area contributed by atoms with Gasteiger partial charge in [0, 0.05) is 0 Å². The van der Waals surface area contributed by atoms with Gasteiger partial charge in [0.15, 0.2) is 0 Å². The molecule has 0 aliphatic rings. The molecule has 0 amide bonds. The zero-order valence-corrected chi connectivity index (χ0v) is 10.5. The van der Waals surface area contributed by atoms with E-state index < -0.39 is 0 Å². The van der Waals surface area contributed by atoms with Gasteiger partial charge in [0.1, 0.15) is 5.75 Å². The Bertz CT molecular complexity index is 286. The van der Waals surface area contributed by atoms with Crippen LogP contribution in [0.2, 0.25) is 0 Å². The number of nitrogens with one attached hydrogen (secondary N) is 1. The maximum Gasteiger partial charge on any atom is 0.122 e. The van der Waals surface area contributed by atoms with Gasteiger partial charge in [0.05, 0.1) is 6.61 Å². The number of hydrogen-bond acceptors (Lipinski definition) is 2. The van der Waals surface area contributed by atoms with E-state index in [0.29, 0.717) is 0 Å². The fraction of sp³-hybridized carbons (Fsp3) is 0.571. The van der Waals surface area contributed by atoms with Crippen LogP contribution in [0.25, 0.3) is 0 Å². The Labute approximate surface area is 99.0 Å². The van der Waals surface area contributed by atoms with Crippen LogP contribution in [0.4, 0.5) is 0 Å². The van der Waals surface area contributed by atoms with E-state index in [0.717, 1.165) is 38.3 Å². The maximum absolute atomic E-state index is 5.78. The average molecular weight is 221 g/mol. The molecule has 1 aromatic rings. The van der Waals surface area contributed by atoms with Gasteiger partial charge in [-0.2, -0.15) is 0 Å². The molecular formula is C14H23NO. The summed E-state index contributed by atoms with van der Waals surface area (Å²) in [6.45, 7) is 7.26. The third-order valence-electron chi connectivity index (χ3n) is 2.61. The third kappa shape index (κ3) is 4.67. The van der Waals surface area contributed by atoms with E-state index >= 15 is 0 Å². The van der Waals surface area contributed by atoms with Gasteiger partial charge in [-0.3, -0.25) is 0 Å². The Kier molecular flexibility index (Phi) is 6.66. The summed E-state index contributed by atoms with van der Waals surface area (Å²) < 4.78 is 5.78. The van der Waals surface area contributed by atoms with Crippen molar-refractivity contribution in [3.8, 4) is 5.75 Å². The van der Waals surface area contributed by atoms with Crippen LogP contribution in [0.15, 0.2) is 24.3 Å². The number of unbranched alkanes of at least 4 members (excludes halogenated alkanes) is 1. The van der Waals surface area contributed by atoms with Gasteiger partial charge < -0.3 is 10.1 Å². The topological polar surface area (TPSA) is 21.3 Å². The van der Waals surface area contributed by atoms with Crippen molar-refractivity contribution in [2.75, 3.05) is 19.7 Å². The van der Waals surface area contributed by atoms with Crippen LogP contribution < -0.4 is 10.1 Å². The first-order valence-corrected chi connectivity index (χ1v) is 6.30. The van der Waals surface area contributed by atoms with E-state index in [1.54, 1.807) is 0 Å². The first kappa shape index (κ1) is 13.0. The minimum absolute atomic E-state index is 0.822. The molecule has 2 nitrogen and oxygen atoms in total. The number of benzene rings is 1. The van der Waals surface area contributed by atoms with Gasteiger partial charge in [-0.1, -0.05) is 32.0 Å². The predicted octanol–water partition coefficient (Wildman–Crippen LogP) is 3.02. The number of aryl methyl sites for hydroxylation is 1. The molecule has 90 valence electrons. The molecule has 0 radical (unpaired) electrons. The number of ether oxygens (including phenoxy) is 1. The summed E-state index contributed by atoms with van der Waals surface area (Å²) in [5.41, 5.74) is 1.30. The highest BCUT2D eigenvalue weighted by Crippen LogP contribution is 2.18. The summed E-state index contributed by atoms with van der Waals surface area (Å²) in [6, 6.07) is 8.29. The van der Waals surface area contributed by atoms with E-state index in [1.807, 2.05) is 6.07 Å². The number of hydrogen-bond donors (Lipinski definition) is 1. The lowest BCUT2D eigenvalue weighted by Gasteiger charge is -2.10. The van der Waals surface area contributed by atoms with Crippen LogP contribution in [0, 0.1) is 0 Å². The monoisotopic (exact) mass is 221 g/mol. The molecule has 0 atom stereocenters. The summed E-state index contributed by atoms with van der Waals surface area (Å²) >= 11 is 0. The second-order valence-electron chi connectivity index (χ2n) is 3.87. The molecule has 0 spiro atoms. The number of rotatable bonds is 8. The standard InChI is InChI=1S/C14H23NO/c1-3-13-9-5-6-10-14(13)16-12-8-7-11-15-4-2/h5-6,9-10,15H,3-4,7-8,11-12H2,1-2H3. The van der Waals surface area contributed by atoms with Crippen LogP contribution in [-0.2, 0) is 6.42 Å². The highest BCUT2D eigenvalue weighted by Gasteiger charge is 1.99. The molecule has 0 aromatic heterocycles. The van der Waals surface area contributed by atoms with Gasteiger partial charge in [0.2, 0.25) is 0 Å². The maximum atomic E-state index is 5.78. The van der Waals surface area contributed by atoms with Crippen molar-refractivity contribution >= 4 is 0 Å². The van der Waals surface area contributed by atoms with E-state index in [9.17, 15) is 0 Å². The smallest absolute Gasteiger partial charge is 0.122 e. The van der Waals surface area contributed by atoms with Crippen molar-refractivity contribution in [1.29, 1.82) is 0 Å². The minimum Gasteiger partial charge on any atom is -0.493 e. The Morgan fingerprint density at radius 3 is 2.69 bits per heavy atom. The van der Waals surface area contributed by atoms with Crippen molar-refractivity contribution in [1.82, 2.24) is 5.32 Å². The molecule has 0 fully saturated rings. The van der Waals surface area contributed by atoms with Crippen LogP contribution in [0.3, 0.4) is 0 Å². The van der Waals surface area contributed by atoms with Gasteiger partial charge >= 0.3 is 0 Å². The molecule has 0 saturated carbocycles. The predicted molar refractivity (Wildman–Crippen MR) is 69.1 cm³/mol. The van der Waals surface area contributed by atoms with Crippen molar-refractivity contribution < 1.29 is 4.74 Å². The van der Waals surface area contributed by atoms with Crippen LogP contribution >= 0.6 is 0 Å². The Hall–Kier alpha value is -1.02. The van der Waals surface area contributed by atoms with Crippen LogP contribution in [-0.4, -0.2) is 19.7 Å². The molecule has 1 N–H and O–H groups in total. The molecule has 0 bridgehead atoms. The zero-order chi connectivity index (χ0) is 11.6. The minimum atomic E-state index is 0.822. The molecule has 0 saturated heterocycles. The van der Waals surface area contributed by atoms with Crippen molar-refractivity contribution in [2.24, 2.45) is 0 Å². The molecule has 1 aromatic carbocycles. The normalized spacial score (nSPS) is 10.4. The number of para-hydroxylation sites is 1. The molecule has 2 heteroatoms. The summed E-state index contributed by atoms with van der Waals surface area (Å²) in [5.74, 6) is 1.05. The lowest BCUT2D eigenvalue weighted by Crippen LogP contribution is -2.14. The second kappa shape index (κ2) is 8.17. The fourth-order valence-corrected chi connectivity index (χ4v) is 1.65. The quantitative estimate of drug-likeness (QED) is 0.681. The van der Waals surface area contributed by atoms with Crippen LogP contribution in [0.1, 0.15) is 32.3 Å². The van der Waals surface area contributed by atoms with Crippen molar-refractivity contribution in [3.63, 3.8) is 0 Å². The van der Waals surface area contributed by atoms with Gasteiger partial charge in [-0.15, -0.1) is 0 Å². The molecular weight excluding hydrogens is 198 g/mol. The molecule has 16 heavy (non-hydrogen) atoms. The van der Waals surface area contributed by atoms with Crippen molar-refractivity contribution in [3.05, 3.63) is 29.8 Å². The first-order chi connectivity index (χ1) is 7.88. The molecule has 0 heterocycles. The molecule has 0 aliphatic carbocycles. The lowest BCUT2D eigenvalue weighted by molar-refractivity contribution is 0.303. The van der Waals surface area contributed by atoms with E-state index in [2.05, 4.69) is 37.4 Å². The second-order valence-corrected chi connectivity index (χ2v) is 3.87. The van der Waals surface area contributed by atoms with E-state index in [-0.39, 0.29) is 0 Å². The van der Waals surface area contributed by atoms with Gasteiger partial charge in [-0.05, 0) is 44.0 Å². The Morgan fingerprint density at radius 2 is 1.94 bits per heavy atom. The highest BCUT2D eigenvalue weighted by atomic mass is 16.5. The van der Waals surface area contributed by atoms with E-state index in [1.165, 1.54) is 12.0 Å². The van der Waals surface area contributed by atoms with E-state index in [4.69, 9.17) is 4.74 Å². The molecule has 0 aliphatic heterocycles. The fourth-order valence-electron chi connectivity index (χ4n) is 1.65. The summed E-state index contributed by atoms with van der Waals surface area (Å²) in [7, 11) is 0. The average Bonchev–Trinajstić information content (AvgIpc) is 2.34. The highest BCUT2D eigenvalue weighted by molar-refractivity contribution is 5.33. The third-order valence-corrected chi connectivity index (χ3v) is 2.61. The first-order valence-electron chi connectivity index (χ1n) is 6.30. The Balaban J connectivity index is 2.21. The SMILES string of the molecule is CCNCCCCOc1ccccc1CC. The zero-order valence-electron chi connectivity index (χ0n) is 10.5. The summed E-state index contributed by atoms with van der Waals surface area (Å²) in [5, 5.41) is 3.31. The Morgan fingerprint density at radius 1 is 1.12 bits per heavy atom. The van der Waals surface area contributed by atoms with Gasteiger partial charge in [-0.25, -0.2) is 0 Å². The summed E-state index contributed by atoms with van der Waals surface area (Å²) in [4.78, 5) is 0. The van der Waals surface area contributed by atoms with Gasteiger partial charge in [0.25, 0.3) is 0 Å². The van der Waals surface area contributed by atoms with Crippen molar-refractivity contribution in [2.45, 2.75) is 33.1 Å². The lowest BCUT2D eigenvalue weighted by atomic mass is 10.1.